The van der Waals surface area contributed by atoms with Crippen molar-refractivity contribution in [3.05, 3.63) is 35.9 Å². The number of benzene rings is 1. The van der Waals surface area contributed by atoms with E-state index in [2.05, 4.69) is 12.2 Å². The number of hydrogen-bond donors (Lipinski definition) is 3. The number of rotatable bonds is 24. The number of nitrogens with two attached hydrogens (primary N) is 2. The molecular weight excluding hydrogens is 478 g/mol. The normalized spacial score (nSPS) is 10.9. The number of primary amides is 1. The van der Waals surface area contributed by atoms with Gasteiger partial charge < -0.3 is 26.6 Å². The zero-order valence-electron chi connectivity index (χ0n) is 23.8. The zero-order valence-corrected chi connectivity index (χ0v) is 23.8. The Bertz CT molecular complexity index is 760. The summed E-state index contributed by atoms with van der Waals surface area (Å²) in [4.78, 5) is 40.6. The highest BCUT2D eigenvalue weighted by Crippen LogP contribution is 2.11. The van der Waals surface area contributed by atoms with Crippen LogP contribution in [0.15, 0.2) is 30.3 Å². The van der Waals surface area contributed by atoms with E-state index < -0.39 is 5.91 Å². The summed E-state index contributed by atoms with van der Waals surface area (Å²) in [6, 6.07) is 9.44. The smallest absolute Gasteiger partial charge is 0.242 e. The molecule has 0 heterocycles. The van der Waals surface area contributed by atoms with Gasteiger partial charge in [-0.3, -0.25) is 14.4 Å². The maximum Gasteiger partial charge on any atom is 0.242 e. The van der Waals surface area contributed by atoms with Crippen LogP contribution in [0, 0.1) is 0 Å². The molecule has 0 atom stereocenters. The highest BCUT2D eigenvalue weighted by molar-refractivity contribution is 5.88. The Morgan fingerprint density at radius 3 is 1.92 bits per heavy atom. The maximum absolute atomic E-state index is 13.1. The Morgan fingerprint density at radius 2 is 1.34 bits per heavy atom. The summed E-state index contributed by atoms with van der Waals surface area (Å²) in [5.41, 5.74) is 11.9. The average molecular weight is 532 g/mol. The lowest BCUT2D eigenvalue weighted by Crippen LogP contribution is -2.47. The monoisotopic (exact) mass is 531 g/mol. The molecular formula is C30H53N5O3. The Kier molecular flexibility index (Phi) is 19.9. The molecule has 0 fully saturated rings. The van der Waals surface area contributed by atoms with E-state index in [0.717, 1.165) is 37.8 Å². The molecule has 5 N–H and O–H groups in total. The third kappa shape index (κ3) is 17.1. The van der Waals surface area contributed by atoms with Crippen LogP contribution in [-0.4, -0.2) is 66.8 Å². The fourth-order valence-electron chi connectivity index (χ4n) is 4.45. The van der Waals surface area contributed by atoms with Gasteiger partial charge in [0.1, 0.15) is 0 Å². The van der Waals surface area contributed by atoms with Gasteiger partial charge in [0.25, 0.3) is 0 Å². The largest absolute Gasteiger partial charge is 0.368 e. The lowest BCUT2D eigenvalue weighted by atomic mass is 10.1. The first kappa shape index (κ1) is 33.6. The third-order valence-corrected chi connectivity index (χ3v) is 6.71. The maximum atomic E-state index is 13.1. The summed E-state index contributed by atoms with van der Waals surface area (Å²) in [7, 11) is 0. The number of carbonyl (C=O) groups excluding carboxylic acids is 3. The van der Waals surface area contributed by atoms with Gasteiger partial charge >= 0.3 is 0 Å². The minimum atomic E-state index is -0.580. The van der Waals surface area contributed by atoms with Crippen molar-refractivity contribution < 1.29 is 14.4 Å². The standard InChI is InChI=1S/C30H53N5O3/c1-2-3-4-5-6-7-8-9-10-11-16-21-33-23-29(37)34(22-17-15-20-31)26-30(38)35(25-28(32)36)24-27-18-13-12-14-19-27/h12-14,18-19,33H,2-11,15-17,20-26,31H2,1H3,(H2,32,36). The minimum Gasteiger partial charge on any atom is -0.368 e. The summed E-state index contributed by atoms with van der Waals surface area (Å²) in [5.74, 6) is -0.986. The van der Waals surface area contributed by atoms with Gasteiger partial charge in [-0.1, -0.05) is 101 Å². The van der Waals surface area contributed by atoms with E-state index in [9.17, 15) is 14.4 Å². The summed E-state index contributed by atoms with van der Waals surface area (Å²) in [6.45, 7) is 4.23. The van der Waals surface area contributed by atoms with Crippen molar-refractivity contribution in [3.63, 3.8) is 0 Å². The van der Waals surface area contributed by atoms with Crippen LogP contribution in [0.5, 0.6) is 0 Å². The quantitative estimate of drug-likeness (QED) is 0.174. The number of carbonyl (C=O) groups is 3. The minimum absolute atomic E-state index is 0.0797. The van der Waals surface area contributed by atoms with E-state index >= 15 is 0 Å². The molecule has 8 nitrogen and oxygen atoms in total. The molecule has 8 heteroatoms. The first-order chi connectivity index (χ1) is 18.5. The Labute approximate surface area is 230 Å². The van der Waals surface area contributed by atoms with Gasteiger partial charge in [0.2, 0.25) is 17.7 Å². The molecule has 0 aromatic heterocycles. The van der Waals surface area contributed by atoms with E-state index in [1.807, 2.05) is 30.3 Å². The zero-order chi connectivity index (χ0) is 27.8. The molecule has 0 radical (unpaired) electrons. The van der Waals surface area contributed by atoms with Crippen LogP contribution >= 0.6 is 0 Å². The van der Waals surface area contributed by atoms with E-state index in [1.54, 1.807) is 4.90 Å². The summed E-state index contributed by atoms with van der Waals surface area (Å²) >= 11 is 0. The number of amides is 3. The predicted octanol–water partition coefficient (Wildman–Crippen LogP) is 3.97. The van der Waals surface area contributed by atoms with Gasteiger partial charge in [0, 0.05) is 13.1 Å². The van der Waals surface area contributed by atoms with Crippen LogP contribution in [0.25, 0.3) is 0 Å². The van der Waals surface area contributed by atoms with Crippen molar-refractivity contribution in [2.45, 2.75) is 96.9 Å². The molecule has 3 amide bonds. The second-order valence-electron chi connectivity index (χ2n) is 10.2. The molecule has 0 aliphatic carbocycles. The molecule has 1 rings (SSSR count). The second kappa shape index (κ2) is 22.5. The first-order valence-corrected chi connectivity index (χ1v) is 14.8. The Morgan fingerprint density at radius 1 is 0.737 bits per heavy atom. The molecule has 0 aliphatic rings. The molecule has 0 spiro atoms. The third-order valence-electron chi connectivity index (χ3n) is 6.71. The molecule has 0 saturated heterocycles. The molecule has 0 aliphatic heterocycles. The first-order valence-electron chi connectivity index (χ1n) is 14.8. The van der Waals surface area contributed by atoms with Crippen LogP contribution in [0.2, 0.25) is 0 Å². The van der Waals surface area contributed by atoms with Crippen LogP contribution in [0.4, 0.5) is 0 Å². The van der Waals surface area contributed by atoms with Gasteiger partial charge in [-0.05, 0) is 37.9 Å². The summed E-state index contributed by atoms with van der Waals surface area (Å²) in [5, 5.41) is 3.25. The SMILES string of the molecule is CCCCCCCCCCCCCNCC(=O)N(CCCCN)CC(=O)N(CC(N)=O)Cc1ccccc1. The van der Waals surface area contributed by atoms with Crippen molar-refractivity contribution in [2.75, 3.05) is 39.3 Å². The van der Waals surface area contributed by atoms with Gasteiger partial charge in [0.15, 0.2) is 0 Å². The van der Waals surface area contributed by atoms with E-state index in [4.69, 9.17) is 11.5 Å². The predicted molar refractivity (Wildman–Crippen MR) is 155 cm³/mol. The lowest BCUT2D eigenvalue weighted by molar-refractivity contribution is -0.141. The Balaban J connectivity index is 2.41. The van der Waals surface area contributed by atoms with Crippen molar-refractivity contribution >= 4 is 17.7 Å². The number of unbranched alkanes of at least 4 members (excludes halogenated alkanes) is 11. The molecule has 0 unspecified atom stereocenters. The molecule has 0 saturated carbocycles. The van der Waals surface area contributed by atoms with E-state index in [0.29, 0.717) is 13.1 Å². The van der Waals surface area contributed by atoms with Gasteiger partial charge in [-0.25, -0.2) is 0 Å². The van der Waals surface area contributed by atoms with E-state index in [1.165, 1.54) is 62.7 Å². The van der Waals surface area contributed by atoms with Crippen molar-refractivity contribution in [1.29, 1.82) is 0 Å². The van der Waals surface area contributed by atoms with Crippen molar-refractivity contribution in [3.8, 4) is 0 Å². The number of hydrogen-bond acceptors (Lipinski definition) is 5. The van der Waals surface area contributed by atoms with E-state index in [-0.39, 0.29) is 38.0 Å². The van der Waals surface area contributed by atoms with Crippen LogP contribution in [-0.2, 0) is 20.9 Å². The molecule has 216 valence electrons. The Hall–Kier alpha value is -2.45. The number of nitrogens with zero attached hydrogens (tertiary/aromatic N) is 2. The van der Waals surface area contributed by atoms with Crippen molar-refractivity contribution in [2.24, 2.45) is 11.5 Å². The topological polar surface area (TPSA) is 122 Å². The van der Waals surface area contributed by atoms with Gasteiger partial charge in [0.05, 0.1) is 19.6 Å². The molecule has 38 heavy (non-hydrogen) atoms. The second-order valence-corrected chi connectivity index (χ2v) is 10.2. The highest BCUT2D eigenvalue weighted by Gasteiger charge is 2.22. The summed E-state index contributed by atoms with van der Waals surface area (Å²) < 4.78 is 0. The molecule has 1 aromatic carbocycles. The van der Waals surface area contributed by atoms with Gasteiger partial charge in [-0.15, -0.1) is 0 Å². The fourth-order valence-corrected chi connectivity index (χ4v) is 4.45. The van der Waals surface area contributed by atoms with Crippen LogP contribution in [0.3, 0.4) is 0 Å². The van der Waals surface area contributed by atoms with Gasteiger partial charge in [-0.2, -0.15) is 0 Å². The average Bonchev–Trinajstić information content (AvgIpc) is 2.90. The number of nitrogens with one attached hydrogen (secondary N) is 1. The molecule has 0 bridgehead atoms. The lowest BCUT2D eigenvalue weighted by Gasteiger charge is -2.27. The fraction of sp³-hybridized carbons (Fsp3) is 0.700. The van der Waals surface area contributed by atoms with Crippen LogP contribution < -0.4 is 16.8 Å². The molecule has 1 aromatic rings. The highest BCUT2D eigenvalue weighted by atomic mass is 16.2. The van der Waals surface area contributed by atoms with Crippen molar-refractivity contribution in [1.82, 2.24) is 15.1 Å². The van der Waals surface area contributed by atoms with Crippen LogP contribution in [0.1, 0.15) is 96.0 Å². The summed E-state index contributed by atoms with van der Waals surface area (Å²) in [6.07, 6.45) is 15.7.